The zero-order valence-corrected chi connectivity index (χ0v) is 8.45. The molecule has 1 aromatic heterocycles. The van der Waals surface area contributed by atoms with E-state index in [-0.39, 0.29) is 6.04 Å². The second kappa shape index (κ2) is 4.08. The predicted octanol–water partition coefficient (Wildman–Crippen LogP) is 2.67. The van der Waals surface area contributed by atoms with Crippen molar-refractivity contribution < 1.29 is 0 Å². The van der Waals surface area contributed by atoms with E-state index in [0.29, 0.717) is 10.0 Å². The van der Waals surface area contributed by atoms with E-state index in [4.69, 9.17) is 23.2 Å². The van der Waals surface area contributed by atoms with Gasteiger partial charge in [-0.25, -0.2) is 0 Å². The van der Waals surface area contributed by atoms with Crippen LogP contribution in [0.4, 0.5) is 0 Å². The minimum atomic E-state index is 0.148. The third kappa shape index (κ3) is 2.09. The fraction of sp³-hybridized carbons (Fsp3) is 0.375. The summed E-state index contributed by atoms with van der Waals surface area (Å²) in [6.07, 6.45) is 1.59. The Kier molecular flexibility index (Phi) is 3.32. The number of rotatable bonds is 2. The second-order valence-corrected chi connectivity index (χ2v) is 3.37. The van der Waals surface area contributed by atoms with Gasteiger partial charge < -0.3 is 5.32 Å². The molecular weight excluding hydrogens is 195 g/mol. The van der Waals surface area contributed by atoms with Crippen LogP contribution in [0.5, 0.6) is 0 Å². The van der Waals surface area contributed by atoms with Crippen LogP contribution in [0.3, 0.4) is 0 Å². The van der Waals surface area contributed by atoms with E-state index in [1.54, 1.807) is 12.3 Å². The average molecular weight is 205 g/mol. The molecule has 0 fully saturated rings. The van der Waals surface area contributed by atoms with Crippen molar-refractivity contribution in [2.45, 2.75) is 13.0 Å². The van der Waals surface area contributed by atoms with E-state index < -0.39 is 0 Å². The summed E-state index contributed by atoms with van der Waals surface area (Å²) in [4.78, 5) is 4.12. The molecule has 0 radical (unpaired) electrons. The maximum absolute atomic E-state index is 5.92. The van der Waals surface area contributed by atoms with Crippen molar-refractivity contribution in [3.8, 4) is 0 Å². The number of aromatic nitrogens is 1. The van der Waals surface area contributed by atoms with Gasteiger partial charge >= 0.3 is 0 Å². The van der Waals surface area contributed by atoms with Crippen LogP contribution in [-0.4, -0.2) is 12.0 Å². The quantitative estimate of drug-likeness (QED) is 0.802. The maximum Gasteiger partial charge on any atom is 0.0757 e. The van der Waals surface area contributed by atoms with Crippen molar-refractivity contribution in [3.05, 3.63) is 28.0 Å². The standard InChI is InChI=1S/C8H10Cl2N2/c1-5(11-2)8-7(10)3-6(9)4-12-8/h3-5,11H,1-2H3/t5-/m0/s1. The van der Waals surface area contributed by atoms with Crippen molar-refractivity contribution in [1.82, 2.24) is 10.3 Å². The molecule has 66 valence electrons. The number of nitrogens with zero attached hydrogens (tertiary/aromatic N) is 1. The van der Waals surface area contributed by atoms with E-state index in [1.165, 1.54) is 0 Å². The summed E-state index contributed by atoms with van der Waals surface area (Å²) >= 11 is 11.6. The molecule has 1 atom stereocenters. The van der Waals surface area contributed by atoms with E-state index in [9.17, 15) is 0 Å². The smallest absolute Gasteiger partial charge is 0.0757 e. The Morgan fingerprint density at radius 1 is 1.50 bits per heavy atom. The highest BCUT2D eigenvalue weighted by molar-refractivity contribution is 6.34. The molecule has 0 aliphatic carbocycles. The van der Waals surface area contributed by atoms with Gasteiger partial charge in [0.05, 0.1) is 15.7 Å². The van der Waals surface area contributed by atoms with Crippen LogP contribution >= 0.6 is 23.2 Å². The Bertz CT molecular complexity index is 276. The fourth-order valence-electron chi connectivity index (χ4n) is 0.880. The summed E-state index contributed by atoms with van der Waals surface area (Å²) in [5, 5.41) is 4.21. The molecule has 0 aliphatic rings. The Morgan fingerprint density at radius 3 is 2.67 bits per heavy atom. The molecule has 1 N–H and O–H groups in total. The van der Waals surface area contributed by atoms with E-state index >= 15 is 0 Å². The molecule has 0 aromatic carbocycles. The highest BCUT2D eigenvalue weighted by Gasteiger charge is 2.08. The summed E-state index contributed by atoms with van der Waals surface area (Å²) in [6.45, 7) is 1.99. The van der Waals surface area contributed by atoms with E-state index in [2.05, 4.69) is 10.3 Å². The van der Waals surface area contributed by atoms with Crippen molar-refractivity contribution >= 4 is 23.2 Å². The third-order valence-corrected chi connectivity index (χ3v) is 2.19. The molecule has 12 heavy (non-hydrogen) atoms. The Balaban J connectivity index is 3.01. The second-order valence-electron chi connectivity index (χ2n) is 2.53. The van der Waals surface area contributed by atoms with E-state index in [1.807, 2.05) is 14.0 Å². The predicted molar refractivity (Wildman–Crippen MR) is 51.7 cm³/mol. The molecule has 4 heteroatoms. The van der Waals surface area contributed by atoms with Gasteiger partial charge in [-0.15, -0.1) is 0 Å². The summed E-state index contributed by atoms with van der Waals surface area (Å²) in [5.41, 5.74) is 0.823. The summed E-state index contributed by atoms with van der Waals surface area (Å²) in [7, 11) is 1.86. The molecular formula is C8H10Cl2N2. The van der Waals surface area contributed by atoms with Gasteiger partial charge in [0.1, 0.15) is 0 Å². The summed E-state index contributed by atoms with van der Waals surface area (Å²) in [6, 6.07) is 1.84. The fourth-order valence-corrected chi connectivity index (χ4v) is 1.42. The van der Waals surface area contributed by atoms with Crippen LogP contribution in [0.15, 0.2) is 12.3 Å². The maximum atomic E-state index is 5.92. The first-order valence-electron chi connectivity index (χ1n) is 3.63. The minimum absolute atomic E-state index is 0.148. The van der Waals surface area contributed by atoms with Gasteiger partial charge in [-0.3, -0.25) is 4.98 Å². The molecule has 0 aliphatic heterocycles. The summed E-state index contributed by atoms with van der Waals surface area (Å²) in [5.74, 6) is 0. The molecule has 1 rings (SSSR count). The van der Waals surface area contributed by atoms with E-state index in [0.717, 1.165) is 5.69 Å². The number of hydrogen-bond acceptors (Lipinski definition) is 2. The molecule has 1 aromatic rings. The van der Waals surface area contributed by atoms with Crippen LogP contribution in [0, 0.1) is 0 Å². The minimum Gasteiger partial charge on any atom is -0.312 e. The topological polar surface area (TPSA) is 24.9 Å². The van der Waals surface area contributed by atoms with Crippen LogP contribution in [-0.2, 0) is 0 Å². The molecule has 2 nitrogen and oxygen atoms in total. The first-order valence-corrected chi connectivity index (χ1v) is 4.39. The number of nitrogens with one attached hydrogen (secondary N) is 1. The van der Waals surface area contributed by atoms with Crippen molar-refractivity contribution in [3.63, 3.8) is 0 Å². The first kappa shape index (κ1) is 9.78. The zero-order valence-electron chi connectivity index (χ0n) is 6.94. The average Bonchev–Trinajstić information content (AvgIpc) is 2.03. The number of pyridine rings is 1. The normalized spacial score (nSPS) is 13.0. The Morgan fingerprint density at radius 2 is 2.17 bits per heavy atom. The lowest BCUT2D eigenvalue weighted by Crippen LogP contribution is -2.14. The lowest BCUT2D eigenvalue weighted by atomic mass is 10.2. The molecule has 1 heterocycles. The lowest BCUT2D eigenvalue weighted by Gasteiger charge is -2.10. The third-order valence-electron chi connectivity index (χ3n) is 1.68. The largest absolute Gasteiger partial charge is 0.312 e. The van der Waals surface area contributed by atoms with Crippen LogP contribution in [0.25, 0.3) is 0 Å². The molecule has 0 saturated carbocycles. The van der Waals surface area contributed by atoms with Gasteiger partial charge in [0.2, 0.25) is 0 Å². The molecule has 0 amide bonds. The van der Waals surface area contributed by atoms with Crippen LogP contribution in [0.2, 0.25) is 10.0 Å². The van der Waals surface area contributed by atoms with Crippen LogP contribution < -0.4 is 5.32 Å². The van der Waals surface area contributed by atoms with Gasteiger partial charge in [-0.1, -0.05) is 23.2 Å². The van der Waals surface area contributed by atoms with Gasteiger partial charge in [-0.05, 0) is 20.0 Å². The van der Waals surface area contributed by atoms with Crippen LogP contribution in [0.1, 0.15) is 18.7 Å². The SMILES string of the molecule is CN[C@@H](C)c1ncc(Cl)cc1Cl. The highest BCUT2D eigenvalue weighted by atomic mass is 35.5. The summed E-state index contributed by atoms with van der Waals surface area (Å²) < 4.78 is 0. The van der Waals surface area contributed by atoms with Gasteiger partial charge in [0.15, 0.2) is 0 Å². The molecule has 0 saturated heterocycles. The van der Waals surface area contributed by atoms with Crippen molar-refractivity contribution in [2.24, 2.45) is 0 Å². The van der Waals surface area contributed by atoms with Crippen molar-refractivity contribution in [2.75, 3.05) is 7.05 Å². The first-order chi connectivity index (χ1) is 5.65. The Labute approximate surface area is 81.9 Å². The highest BCUT2D eigenvalue weighted by Crippen LogP contribution is 2.22. The van der Waals surface area contributed by atoms with Gasteiger partial charge in [0.25, 0.3) is 0 Å². The van der Waals surface area contributed by atoms with Crippen molar-refractivity contribution in [1.29, 1.82) is 0 Å². The lowest BCUT2D eigenvalue weighted by molar-refractivity contribution is 0.633. The Hall–Kier alpha value is -0.310. The molecule has 0 spiro atoms. The monoisotopic (exact) mass is 204 g/mol. The van der Waals surface area contributed by atoms with Gasteiger partial charge in [-0.2, -0.15) is 0 Å². The zero-order chi connectivity index (χ0) is 9.14. The van der Waals surface area contributed by atoms with Gasteiger partial charge in [0, 0.05) is 12.2 Å². The molecule has 0 bridgehead atoms. The number of halogens is 2. The number of hydrogen-bond donors (Lipinski definition) is 1. The molecule has 0 unspecified atom stereocenters.